The summed E-state index contributed by atoms with van der Waals surface area (Å²) < 4.78 is 50.5. The second-order valence-corrected chi connectivity index (χ2v) is 9.28. The van der Waals surface area contributed by atoms with E-state index >= 15 is 0 Å². The van der Waals surface area contributed by atoms with E-state index in [0.29, 0.717) is 37.6 Å². The molecule has 178 valence electrons. The highest BCUT2D eigenvalue weighted by molar-refractivity contribution is 5.68. The van der Waals surface area contributed by atoms with Gasteiger partial charge in [0.25, 0.3) is 0 Å². The van der Waals surface area contributed by atoms with Crippen LogP contribution in [0.3, 0.4) is 0 Å². The van der Waals surface area contributed by atoms with Gasteiger partial charge in [-0.15, -0.1) is 0 Å². The fourth-order valence-corrected chi connectivity index (χ4v) is 4.06. The van der Waals surface area contributed by atoms with E-state index in [9.17, 15) is 18.0 Å². The predicted octanol–water partition coefficient (Wildman–Crippen LogP) is 4.13. The number of nitrogens with one attached hydrogen (secondary N) is 1. The highest BCUT2D eigenvalue weighted by Crippen LogP contribution is 2.26. The lowest BCUT2D eigenvalue weighted by Gasteiger charge is -2.38. The standard InChI is InChI=1S/C21H35F3N4O3/c1-13(10-17-11-30-9-8-27(17)19(29)31-20(5,6)7)25-14(2)18-15(3)26-28(16(18)4)12-21(22,23)24/h13-14,17,25H,8-12H2,1-7H3/t13-,14-,17+/m0/s1. The average molecular weight is 449 g/mol. The summed E-state index contributed by atoms with van der Waals surface area (Å²) in [7, 11) is 0. The molecule has 1 fully saturated rings. The van der Waals surface area contributed by atoms with Gasteiger partial charge in [-0.3, -0.25) is 4.68 Å². The normalized spacial score (nSPS) is 19.9. The topological polar surface area (TPSA) is 68.6 Å². The summed E-state index contributed by atoms with van der Waals surface area (Å²) in [5.41, 5.74) is 1.26. The minimum atomic E-state index is -4.32. The van der Waals surface area contributed by atoms with Crippen molar-refractivity contribution >= 4 is 6.09 Å². The monoisotopic (exact) mass is 448 g/mol. The van der Waals surface area contributed by atoms with Crippen molar-refractivity contribution in [2.45, 2.75) is 91.3 Å². The summed E-state index contributed by atoms with van der Waals surface area (Å²) in [6.07, 6.45) is -4.06. The van der Waals surface area contributed by atoms with Crippen LogP contribution in [-0.4, -0.2) is 64.4 Å². The van der Waals surface area contributed by atoms with E-state index < -0.39 is 18.3 Å². The number of morpholine rings is 1. The van der Waals surface area contributed by atoms with E-state index in [4.69, 9.17) is 9.47 Å². The fraction of sp³-hybridized carbons (Fsp3) is 0.810. The highest BCUT2D eigenvalue weighted by Gasteiger charge is 2.33. The van der Waals surface area contributed by atoms with Crippen LogP contribution in [0.25, 0.3) is 0 Å². The first-order valence-corrected chi connectivity index (χ1v) is 10.6. The number of aryl methyl sites for hydroxylation is 1. The number of amides is 1. The van der Waals surface area contributed by atoms with Crippen molar-refractivity contribution < 1.29 is 27.4 Å². The first kappa shape index (κ1) is 25.5. The van der Waals surface area contributed by atoms with Gasteiger partial charge >= 0.3 is 12.3 Å². The Morgan fingerprint density at radius 2 is 1.94 bits per heavy atom. The second-order valence-electron chi connectivity index (χ2n) is 9.28. The molecule has 10 heteroatoms. The summed E-state index contributed by atoms with van der Waals surface area (Å²) in [6.45, 7) is 13.0. The maximum atomic E-state index is 12.8. The van der Waals surface area contributed by atoms with Gasteiger partial charge in [0.05, 0.1) is 24.9 Å². The van der Waals surface area contributed by atoms with Gasteiger partial charge in [0.15, 0.2) is 0 Å². The van der Waals surface area contributed by atoms with Gasteiger partial charge in [0.1, 0.15) is 12.1 Å². The number of halogens is 3. The van der Waals surface area contributed by atoms with E-state index in [1.165, 1.54) is 0 Å². The summed E-state index contributed by atoms with van der Waals surface area (Å²) >= 11 is 0. The SMILES string of the molecule is Cc1nn(CC(F)(F)F)c(C)c1[C@H](C)N[C@@H](C)C[C@@H]1COCCN1C(=O)OC(C)(C)C. The van der Waals surface area contributed by atoms with Crippen LogP contribution in [0.2, 0.25) is 0 Å². The highest BCUT2D eigenvalue weighted by atomic mass is 19.4. The Bertz CT molecular complexity index is 758. The van der Waals surface area contributed by atoms with E-state index in [1.54, 1.807) is 18.7 Å². The van der Waals surface area contributed by atoms with Crippen LogP contribution < -0.4 is 5.32 Å². The first-order valence-electron chi connectivity index (χ1n) is 10.6. The van der Waals surface area contributed by atoms with Crippen molar-refractivity contribution in [3.8, 4) is 0 Å². The van der Waals surface area contributed by atoms with E-state index in [0.717, 1.165) is 10.2 Å². The van der Waals surface area contributed by atoms with Gasteiger partial charge in [0, 0.05) is 29.9 Å². The molecule has 31 heavy (non-hydrogen) atoms. The largest absolute Gasteiger partial charge is 0.444 e. The van der Waals surface area contributed by atoms with Gasteiger partial charge in [-0.1, -0.05) is 0 Å². The van der Waals surface area contributed by atoms with Crippen LogP contribution in [-0.2, 0) is 16.0 Å². The zero-order valence-corrected chi connectivity index (χ0v) is 19.5. The van der Waals surface area contributed by atoms with Crippen LogP contribution in [0.4, 0.5) is 18.0 Å². The molecule has 1 aromatic heterocycles. The van der Waals surface area contributed by atoms with Crippen molar-refractivity contribution in [3.63, 3.8) is 0 Å². The third kappa shape index (κ3) is 7.38. The smallest absolute Gasteiger partial charge is 0.410 e. The van der Waals surface area contributed by atoms with Crippen LogP contribution in [0.5, 0.6) is 0 Å². The Balaban J connectivity index is 2.04. The van der Waals surface area contributed by atoms with Gasteiger partial charge in [0.2, 0.25) is 0 Å². The number of alkyl halides is 3. The number of carbonyl (C=O) groups is 1. The first-order chi connectivity index (χ1) is 14.2. The molecule has 1 aliphatic rings. The zero-order chi connectivity index (χ0) is 23.6. The molecule has 0 aromatic carbocycles. The molecule has 0 radical (unpaired) electrons. The number of nitrogens with zero attached hydrogens (tertiary/aromatic N) is 3. The summed E-state index contributed by atoms with van der Waals surface area (Å²) in [6, 6.07) is -0.360. The molecule has 0 unspecified atom stereocenters. The zero-order valence-electron chi connectivity index (χ0n) is 19.5. The molecule has 2 heterocycles. The van der Waals surface area contributed by atoms with Crippen molar-refractivity contribution in [2.24, 2.45) is 0 Å². The minimum Gasteiger partial charge on any atom is -0.444 e. The molecular weight excluding hydrogens is 413 g/mol. The molecule has 1 aliphatic heterocycles. The van der Waals surface area contributed by atoms with Crippen molar-refractivity contribution in [3.05, 3.63) is 17.0 Å². The molecule has 7 nitrogen and oxygen atoms in total. The predicted molar refractivity (Wildman–Crippen MR) is 111 cm³/mol. The maximum absolute atomic E-state index is 12.8. The molecule has 0 spiro atoms. The van der Waals surface area contributed by atoms with Crippen LogP contribution in [0.15, 0.2) is 0 Å². The van der Waals surface area contributed by atoms with E-state index in [1.807, 2.05) is 34.6 Å². The quantitative estimate of drug-likeness (QED) is 0.709. The Hall–Kier alpha value is -1.81. The molecule has 3 atom stereocenters. The minimum absolute atomic E-state index is 0.0172. The number of hydrogen-bond acceptors (Lipinski definition) is 5. The second kappa shape index (κ2) is 9.77. The molecule has 1 amide bonds. The van der Waals surface area contributed by atoms with Gasteiger partial charge in [-0.05, 0) is 54.9 Å². The summed E-state index contributed by atoms with van der Waals surface area (Å²) in [4.78, 5) is 14.3. The number of carbonyl (C=O) groups excluding carboxylic acids is 1. The number of rotatable bonds is 6. The Labute approximate surface area is 182 Å². The molecule has 0 aliphatic carbocycles. The Kier molecular flexibility index (Phi) is 8.02. The fourth-order valence-electron chi connectivity index (χ4n) is 4.06. The van der Waals surface area contributed by atoms with Crippen LogP contribution in [0.1, 0.15) is 64.0 Å². The summed E-state index contributed by atoms with van der Waals surface area (Å²) in [5, 5.41) is 7.52. The number of hydrogen-bond donors (Lipinski definition) is 1. The maximum Gasteiger partial charge on any atom is 0.410 e. The average Bonchev–Trinajstić information content (AvgIpc) is 2.85. The van der Waals surface area contributed by atoms with Crippen LogP contribution in [0, 0.1) is 13.8 Å². The molecule has 2 rings (SSSR count). The molecule has 1 saturated heterocycles. The van der Waals surface area contributed by atoms with E-state index in [-0.39, 0.29) is 24.2 Å². The molecular formula is C21H35F3N4O3. The van der Waals surface area contributed by atoms with Gasteiger partial charge in [-0.2, -0.15) is 18.3 Å². The Morgan fingerprint density at radius 1 is 1.29 bits per heavy atom. The molecule has 0 saturated carbocycles. The number of aromatic nitrogens is 2. The lowest BCUT2D eigenvalue weighted by atomic mass is 10.0. The lowest BCUT2D eigenvalue weighted by molar-refractivity contribution is -0.143. The lowest BCUT2D eigenvalue weighted by Crippen LogP contribution is -2.52. The molecule has 1 aromatic rings. The number of ether oxygens (including phenoxy) is 2. The third-order valence-corrected chi connectivity index (χ3v) is 5.22. The van der Waals surface area contributed by atoms with Gasteiger partial charge < -0.3 is 19.7 Å². The molecule has 0 bridgehead atoms. The Morgan fingerprint density at radius 3 is 2.52 bits per heavy atom. The summed E-state index contributed by atoms with van der Waals surface area (Å²) in [5.74, 6) is 0. The van der Waals surface area contributed by atoms with E-state index in [2.05, 4.69) is 10.4 Å². The van der Waals surface area contributed by atoms with Crippen LogP contribution >= 0.6 is 0 Å². The van der Waals surface area contributed by atoms with Crippen molar-refractivity contribution in [1.82, 2.24) is 20.0 Å². The molecule has 1 N–H and O–H groups in total. The van der Waals surface area contributed by atoms with Crippen molar-refractivity contribution in [1.29, 1.82) is 0 Å². The van der Waals surface area contributed by atoms with Gasteiger partial charge in [-0.25, -0.2) is 4.79 Å². The third-order valence-electron chi connectivity index (χ3n) is 5.22. The van der Waals surface area contributed by atoms with Crippen molar-refractivity contribution in [2.75, 3.05) is 19.8 Å².